The Morgan fingerprint density at radius 2 is 1.48 bits per heavy atom. The number of aliphatic imine (C=N–C) groups is 1. The zero-order valence-electron chi connectivity index (χ0n) is 19.0. The summed E-state index contributed by atoms with van der Waals surface area (Å²) in [5.41, 5.74) is 4.27. The van der Waals surface area contributed by atoms with Crippen LogP contribution in [0, 0.1) is 5.92 Å². The van der Waals surface area contributed by atoms with Gasteiger partial charge in [0.15, 0.2) is 0 Å². The third-order valence-corrected chi connectivity index (χ3v) is 7.22. The highest BCUT2D eigenvalue weighted by molar-refractivity contribution is 5.90. The molecule has 4 heteroatoms. The molecule has 3 fully saturated rings. The third kappa shape index (κ3) is 4.49. The van der Waals surface area contributed by atoms with Crippen LogP contribution in [0.2, 0.25) is 0 Å². The largest absolute Gasteiger partial charge is 0.465 e. The summed E-state index contributed by atoms with van der Waals surface area (Å²) in [6.07, 6.45) is 4.40. The Morgan fingerprint density at radius 1 is 0.909 bits per heavy atom. The first-order valence-electron chi connectivity index (χ1n) is 11.8. The molecule has 33 heavy (non-hydrogen) atoms. The van der Waals surface area contributed by atoms with Crippen molar-refractivity contribution in [2.24, 2.45) is 10.9 Å². The Balaban J connectivity index is 1.49. The summed E-state index contributed by atoms with van der Waals surface area (Å²) in [6, 6.07) is 29.8. The second-order valence-corrected chi connectivity index (χ2v) is 9.05. The Kier molecular flexibility index (Phi) is 6.36. The van der Waals surface area contributed by atoms with Crippen molar-refractivity contribution >= 4 is 12.2 Å². The van der Waals surface area contributed by atoms with Crippen molar-refractivity contribution in [1.29, 1.82) is 0 Å². The lowest BCUT2D eigenvalue weighted by Crippen LogP contribution is -2.59. The van der Waals surface area contributed by atoms with Crippen LogP contribution in [0.25, 0.3) is 0 Å². The fourth-order valence-corrected chi connectivity index (χ4v) is 5.57. The van der Waals surface area contributed by atoms with Gasteiger partial charge in [0.1, 0.15) is 0 Å². The summed E-state index contributed by atoms with van der Waals surface area (Å²) in [5, 5.41) is 0. The average Bonchev–Trinajstić information content (AvgIpc) is 2.90. The monoisotopic (exact) mass is 438 g/mol. The van der Waals surface area contributed by atoms with E-state index in [1.54, 1.807) is 12.1 Å². The van der Waals surface area contributed by atoms with Crippen molar-refractivity contribution in [2.45, 2.75) is 30.8 Å². The van der Waals surface area contributed by atoms with E-state index in [0.29, 0.717) is 17.5 Å². The summed E-state index contributed by atoms with van der Waals surface area (Å²) >= 11 is 0. The van der Waals surface area contributed by atoms with Gasteiger partial charge in [0.25, 0.3) is 0 Å². The van der Waals surface area contributed by atoms with Gasteiger partial charge in [-0.05, 0) is 60.7 Å². The number of benzene rings is 3. The molecule has 2 atom stereocenters. The Morgan fingerprint density at radius 3 is 2.03 bits per heavy atom. The van der Waals surface area contributed by atoms with Gasteiger partial charge >= 0.3 is 5.97 Å². The first kappa shape index (κ1) is 21.6. The number of rotatable bonds is 6. The van der Waals surface area contributed by atoms with Gasteiger partial charge in [-0.3, -0.25) is 9.89 Å². The third-order valence-electron chi connectivity index (χ3n) is 7.22. The smallest absolute Gasteiger partial charge is 0.337 e. The Labute approximate surface area is 195 Å². The molecule has 0 radical (unpaired) electrons. The number of carbonyl (C=O) groups is 1. The van der Waals surface area contributed by atoms with Crippen LogP contribution in [-0.4, -0.2) is 49.4 Å². The molecular weight excluding hydrogens is 408 g/mol. The van der Waals surface area contributed by atoms with Gasteiger partial charge in [0.2, 0.25) is 0 Å². The number of esters is 1. The SMILES string of the molecule is COC(=O)c1ccc(C=N[C@@H]2C3CCN(CC3)[C@H]2C(c2ccccc2)c2ccccc2)cc1. The molecule has 4 nitrogen and oxygen atoms in total. The van der Waals surface area contributed by atoms with Gasteiger partial charge in [-0.15, -0.1) is 0 Å². The van der Waals surface area contributed by atoms with Crippen LogP contribution in [0.5, 0.6) is 0 Å². The van der Waals surface area contributed by atoms with E-state index < -0.39 is 0 Å². The summed E-state index contributed by atoms with van der Waals surface area (Å²) in [4.78, 5) is 19.6. The van der Waals surface area contributed by atoms with Crippen LogP contribution in [0.4, 0.5) is 0 Å². The van der Waals surface area contributed by atoms with Crippen molar-refractivity contribution in [1.82, 2.24) is 4.90 Å². The summed E-state index contributed by atoms with van der Waals surface area (Å²) in [7, 11) is 1.40. The Hall–Kier alpha value is -3.24. The predicted octanol–water partition coefficient (Wildman–Crippen LogP) is 5.19. The van der Waals surface area contributed by atoms with Gasteiger partial charge in [0.05, 0.1) is 18.7 Å². The maximum absolute atomic E-state index is 11.7. The van der Waals surface area contributed by atoms with Crippen LogP contribution < -0.4 is 0 Å². The van der Waals surface area contributed by atoms with Gasteiger partial charge in [-0.2, -0.15) is 0 Å². The summed E-state index contributed by atoms with van der Waals surface area (Å²) in [5.74, 6) is 0.560. The molecule has 6 rings (SSSR count). The minimum absolute atomic E-state index is 0.234. The van der Waals surface area contributed by atoms with E-state index in [4.69, 9.17) is 9.73 Å². The maximum Gasteiger partial charge on any atom is 0.337 e. The second-order valence-electron chi connectivity index (χ2n) is 9.05. The quantitative estimate of drug-likeness (QED) is 0.393. The van der Waals surface area contributed by atoms with Crippen molar-refractivity contribution in [3.63, 3.8) is 0 Å². The number of hydrogen-bond donors (Lipinski definition) is 0. The molecule has 0 saturated carbocycles. The highest BCUT2D eigenvalue weighted by Gasteiger charge is 2.46. The number of hydrogen-bond acceptors (Lipinski definition) is 4. The minimum Gasteiger partial charge on any atom is -0.465 e. The first-order valence-corrected chi connectivity index (χ1v) is 11.8. The van der Waals surface area contributed by atoms with E-state index >= 15 is 0 Å². The van der Waals surface area contributed by atoms with Crippen molar-refractivity contribution in [3.8, 4) is 0 Å². The van der Waals surface area contributed by atoms with Crippen LogP contribution in [0.15, 0.2) is 89.9 Å². The lowest BCUT2D eigenvalue weighted by atomic mass is 9.71. The van der Waals surface area contributed by atoms with E-state index in [0.717, 1.165) is 18.7 Å². The highest BCUT2D eigenvalue weighted by Crippen LogP contribution is 2.43. The lowest BCUT2D eigenvalue weighted by molar-refractivity contribution is 0.0215. The molecule has 3 saturated heterocycles. The van der Waals surface area contributed by atoms with E-state index in [9.17, 15) is 4.79 Å². The van der Waals surface area contributed by atoms with Crippen LogP contribution >= 0.6 is 0 Å². The molecule has 3 aliphatic heterocycles. The van der Waals surface area contributed by atoms with Gasteiger partial charge in [-0.25, -0.2) is 4.79 Å². The standard InChI is InChI=1S/C29H30N2O2/c1-33-29(32)25-14-12-21(13-15-25)20-30-27-24-16-18-31(19-17-24)28(27)26(22-8-4-2-5-9-22)23-10-6-3-7-11-23/h2-15,20,24,26-28H,16-19H2,1H3/t27-,28+/m1/s1. The zero-order chi connectivity index (χ0) is 22.6. The first-order chi connectivity index (χ1) is 16.2. The fourth-order valence-electron chi connectivity index (χ4n) is 5.57. The topological polar surface area (TPSA) is 41.9 Å². The highest BCUT2D eigenvalue weighted by atomic mass is 16.5. The Bertz CT molecular complexity index is 1050. The molecule has 0 N–H and O–H groups in total. The molecule has 2 bridgehead atoms. The molecule has 0 amide bonds. The summed E-state index contributed by atoms with van der Waals surface area (Å²) < 4.78 is 4.81. The van der Waals surface area contributed by atoms with E-state index in [1.165, 1.54) is 31.1 Å². The number of methoxy groups -OCH3 is 1. The lowest BCUT2D eigenvalue weighted by Gasteiger charge is -2.52. The van der Waals surface area contributed by atoms with Crippen LogP contribution in [0.1, 0.15) is 45.8 Å². The fraction of sp³-hybridized carbons (Fsp3) is 0.310. The number of nitrogens with zero attached hydrogens (tertiary/aromatic N) is 2. The number of carbonyl (C=O) groups excluding carboxylic acids is 1. The average molecular weight is 439 g/mol. The van der Waals surface area contributed by atoms with Crippen molar-refractivity contribution in [2.75, 3.05) is 20.2 Å². The maximum atomic E-state index is 11.7. The molecule has 0 unspecified atom stereocenters. The van der Waals surface area contributed by atoms with Gasteiger partial charge in [0, 0.05) is 18.2 Å². The van der Waals surface area contributed by atoms with Crippen LogP contribution in [0.3, 0.4) is 0 Å². The molecule has 3 aromatic rings. The predicted molar refractivity (Wildman–Crippen MR) is 132 cm³/mol. The molecule has 0 aromatic heterocycles. The molecule has 0 aliphatic carbocycles. The number of piperidine rings is 3. The van der Waals surface area contributed by atoms with Gasteiger partial charge in [-0.1, -0.05) is 72.8 Å². The molecule has 3 heterocycles. The van der Waals surface area contributed by atoms with E-state index in [2.05, 4.69) is 65.6 Å². The molecule has 0 spiro atoms. The van der Waals surface area contributed by atoms with E-state index in [1.807, 2.05) is 18.3 Å². The zero-order valence-corrected chi connectivity index (χ0v) is 19.0. The number of ether oxygens (including phenoxy) is 1. The second kappa shape index (κ2) is 9.72. The summed E-state index contributed by atoms with van der Waals surface area (Å²) in [6.45, 7) is 2.29. The molecule has 168 valence electrons. The molecule has 3 aliphatic rings. The number of fused-ring (bicyclic) bond motifs is 3. The van der Waals surface area contributed by atoms with Crippen molar-refractivity contribution < 1.29 is 9.53 Å². The normalized spacial score (nSPS) is 24.3. The minimum atomic E-state index is -0.315. The molecular formula is C29H30N2O2. The van der Waals surface area contributed by atoms with E-state index in [-0.39, 0.29) is 17.9 Å². The van der Waals surface area contributed by atoms with Crippen LogP contribution in [-0.2, 0) is 4.74 Å². The van der Waals surface area contributed by atoms with Crippen molar-refractivity contribution in [3.05, 3.63) is 107 Å². The molecule has 3 aromatic carbocycles. The van der Waals surface area contributed by atoms with Gasteiger partial charge < -0.3 is 4.74 Å².